The van der Waals surface area contributed by atoms with Crippen LogP contribution in [-0.2, 0) is 4.79 Å². The van der Waals surface area contributed by atoms with Gasteiger partial charge in [0.25, 0.3) is 0 Å². The zero-order valence-corrected chi connectivity index (χ0v) is 16.9. The van der Waals surface area contributed by atoms with Crippen molar-refractivity contribution in [3.05, 3.63) is 69.9 Å². The van der Waals surface area contributed by atoms with E-state index in [4.69, 9.17) is 0 Å². The van der Waals surface area contributed by atoms with Gasteiger partial charge in [0.05, 0.1) is 17.4 Å². The van der Waals surface area contributed by atoms with Crippen molar-refractivity contribution >= 4 is 17.2 Å². The molecule has 0 radical (unpaired) electrons. The molecule has 2 aromatic rings. The van der Waals surface area contributed by atoms with Gasteiger partial charge >= 0.3 is 0 Å². The Bertz CT molecular complexity index is 951. The van der Waals surface area contributed by atoms with E-state index in [0.29, 0.717) is 6.42 Å². The molecule has 2 N–H and O–H groups in total. The van der Waals surface area contributed by atoms with Crippen molar-refractivity contribution in [1.82, 2.24) is 0 Å². The summed E-state index contributed by atoms with van der Waals surface area (Å²) in [5.41, 5.74) is 8.91. The van der Waals surface area contributed by atoms with Crippen molar-refractivity contribution in [2.24, 2.45) is 5.41 Å². The van der Waals surface area contributed by atoms with Gasteiger partial charge in [-0.3, -0.25) is 4.79 Å². The molecule has 2 aromatic carbocycles. The Morgan fingerprint density at radius 2 is 1.56 bits per heavy atom. The number of hydrogen-bond acceptors (Lipinski definition) is 3. The SMILES string of the molecule is Cc1ccc([C@H]2Nc3cc(C)c(C)cc3NC3=C2C(=O)CC(C)(C)C3)cc1. The summed E-state index contributed by atoms with van der Waals surface area (Å²) in [6.45, 7) is 10.7. The number of benzene rings is 2. The van der Waals surface area contributed by atoms with Crippen LogP contribution in [0.2, 0.25) is 0 Å². The molecule has 2 aliphatic rings. The van der Waals surface area contributed by atoms with E-state index in [1.165, 1.54) is 16.7 Å². The standard InChI is InChI=1S/C24H28N2O/c1-14-6-8-17(9-7-14)23-22-20(12-24(4,5)13-21(22)27)25-18-10-15(2)16(3)11-19(18)26-23/h6-11,23,25-26H,12-13H2,1-5H3/t23-/m1/s1. The van der Waals surface area contributed by atoms with E-state index >= 15 is 0 Å². The van der Waals surface area contributed by atoms with Crippen LogP contribution in [0.4, 0.5) is 11.4 Å². The van der Waals surface area contributed by atoms with Gasteiger partial charge in [-0.05, 0) is 61.4 Å². The first kappa shape index (κ1) is 17.8. The minimum absolute atomic E-state index is 0.0228. The fourth-order valence-corrected chi connectivity index (χ4v) is 4.22. The van der Waals surface area contributed by atoms with E-state index in [0.717, 1.165) is 34.6 Å². The molecule has 0 aromatic heterocycles. The average molecular weight is 361 g/mol. The van der Waals surface area contributed by atoms with E-state index in [-0.39, 0.29) is 17.2 Å². The van der Waals surface area contributed by atoms with Crippen molar-refractivity contribution in [2.75, 3.05) is 10.6 Å². The first-order valence-corrected chi connectivity index (χ1v) is 9.71. The van der Waals surface area contributed by atoms with Crippen LogP contribution in [-0.4, -0.2) is 5.78 Å². The highest BCUT2D eigenvalue weighted by Gasteiger charge is 2.38. The quantitative estimate of drug-likeness (QED) is 0.672. The molecule has 1 aliphatic carbocycles. The number of aryl methyl sites for hydroxylation is 3. The van der Waals surface area contributed by atoms with Crippen molar-refractivity contribution in [3.8, 4) is 0 Å². The average Bonchev–Trinajstić information content (AvgIpc) is 2.71. The maximum Gasteiger partial charge on any atom is 0.163 e. The van der Waals surface area contributed by atoms with Crippen LogP contribution in [0.25, 0.3) is 0 Å². The molecule has 0 saturated heterocycles. The molecule has 1 atom stereocenters. The summed E-state index contributed by atoms with van der Waals surface area (Å²) in [5, 5.41) is 7.30. The number of fused-ring (bicyclic) bond motifs is 1. The van der Waals surface area contributed by atoms with Gasteiger partial charge in [0, 0.05) is 17.7 Å². The molecule has 0 fully saturated rings. The van der Waals surface area contributed by atoms with E-state index in [1.54, 1.807) is 0 Å². The van der Waals surface area contributed by atoms with Gasteiger partial charge in [-0.1, -0.05) is 43.7 Å². The minimum atomic E-state index is -0.125. The Balaban J connectivity index is 1.90. The van der Waals surface area contributed by atoms with E-state index in [2.05, 4.69) is 81.7 Å². The Morgan fingerprint density at radius 1 is 0.926 bits per heavy atom. The van der Waals surface area contributed by atoms with E-state index in [1.807, 2.05) is 0 Å². The van der Waals surface area contributed by atoms with Gasteiger partial charge in [-0.2, -0.15) is 0 Å². The summed E-state index contributed by atoms with van der Waals surface area (Å²) in [4.78, 5) is 13.2. The first-order chi connectivity index (χ1) is 12.7. The van der Waals surface area contributed by atoms with E-state index in [9.17, 15) is 4.79 Å². The molecule has 4 rings (SSSR count). The zero-order chi connectivity index (χ0) is 19.3. The molecule has 0 bridgehead atoms. The molecule has 0 unspecified atom stereocenters. The van der Waals surface area contributed by atoms with Gasteiger partial charge in [-0.15, -0.1) is 0 Å². The highest BCUT2D eigenvalue weighted by Crippen LogP contribution is 2.45. The van der Waals surface area contributed by atoms with Gasteiger partial charge in [0.2, 0.25) is 0 Å². The van der Waals surface area contributed by atoms with Crippen LogP contribution in [0.1, 0.15) is 55.0 Å². The molecular weight excluding hydrogens is 332 g/mol. The highest BCUT2D eigenvalue weighted by atomic mass is 16.1. The summed E-state index contributed by atoms with van der Waals surface area (Å²) in [6, 6.07) is 12.8. The third-order valence-electron chi connectivity index (χ3n) is 5.84. The lowest BCUT2D eigenvalue weighted by Crippen LogP contribution is -2.31. The lowest BCUT2D eigenvalue weighted by Gasteiger charge is -2.34. The van der Waals surface area contributed by atoms with Crippen molar-refractivity contribution < 1.29 is 4.79 Å². The highest BCUT2D eigenvalue weighted by molar-refractivity contribution is 6.01. The molecule has 0 spiro atoms. The van der Waals surface area contributed by atoms with Crippen LogP contribution >= 0.6 is 0 Å². The number of anilines is 2. The fraction of sp³-hybridized carbons (Fsp3) is 0.375. The number of carbonyl (C=O) groups excluding carboxylic acids is 1. The summed E-state index contributed by atoms with van der Waals surface area (Å²) >= 11 is 0. The second-order valence-electron chi connectivity index (χ2n) is 8.93. The lowest BCUT2D eigenvalue weighted by atomic mass is 9.73. The minimum Gasteiger partial charge on any atom is -0.372 e. The number of carbonyl (C=O) groups is 1. The molecule has 140 valence electrons. The van der Waals surface area contributed by atoms with Crippen molar-refractivity contribution in [3.63, 3.8) is 0 Å². The molecule has 3 nitrogen and oxygen atoms in total. The third kappa shape index (κ3) is 3.27. The van der Waals surface area contributed by atoms with Crippen LogP contribution in [0.5, 0.6) is 0 Å². The normalized spacial score (nSPS) is 20.9. The Labute approximate surface area is 161 Å². The van der Waals surface area contributed by atoms with Crippen molar-refractivity contribution in [2.45, 2.75) is 53.5 Å². The maximum atomic E-state index is 13.2. The monoisotopic (exact) mass is 360 g/mol. The molecule has 1 heterocycles. The fourth-order valence-electron chi connectivity index (χ4n) is 4.22. The number of Topliss-reactive ketones (excluding diaryl/α,β-unsaturated/α-hetero) is 1. The second kappa shape index (κ2) is 6.26. The summed E-state index contributed by atoms with van der Waals surface area (Å²) in [6.07, 6.45) is 1.47. The Kier molecular flexibility index (Phi) is 4.14. The Hall–Kier alpha value is -2.55. The second-order valence-corrected chi connectivity index (χ2v) is 8.93. The van der Waals surface area contributed by atoms with E-state index < -0.39 is 0 Å². The summed E-state index contributed by atoms with van der Waals surface area (Å²) < 4.78 is 0. The summed E-state index contributed by atoms with van der Waals surface area (Å²) in [7, 11) is 0. The molecule has 27 heavy (non-hydrogen) atoms. The number of allylic oxidation sites excluding steroid dienone is 1. The van der Waals surface area contributed by atoms with Crippen LogP contribution in [0, 0.1) is 26.2 Å². The predicted octanol–water partition coefficient (Wildman–Crippen LogP) is 5.83. The van der Waals surface area contributed by atoms with Gasteiger partial charge in [0.1, 0.15) is 0 Å². The largest absolute Gasteiger partial charge is 0.372 e. The zero-order valence-electron chi connectivity index (χ0n) is 16.9. The number of hydrogen-bond donors (Lipinski definition) is 2. The number of nitrogens with one attached hydrogen (secondary N) is 2. The van der Waals surface area contributed by atoms with Crippen LogP contribution in [0.3, 0.4) is 0 Å². The lowest BCUT2D eigenvalue weighted by molar-refractivity contribution is -0.118. The smallest absolute Gasteiger partial charge is 0.163 e. The van der Waals surface area contributed by atoms with Crippen LogP contribution < -0.4 is 10.6 Å². The van der Waals surface area contributed by atoms with Gasteiger partial charge < -0.3 is 10.6 Å². The molecule has 0 amide bonds. The molecule has 1 aliphatic heterocycles. The maximum absolute atomic E-state index is 13.2. The predicted molar refractivity (Wildman–Crippen MR) is 112 cm³/mol. The van der Waals surface area contributed by atoms with Gasteiger partial charge in [0.15, 0.2) is 5.78 Å². The summed E-state index contributed by atoms with van der Waals surface area (Å²) in [5.74, 6) is 0.244. The topological polar surface area (TPSA) is 41.1 Å². The first-order valence-electron chi connectivity index (χ1n) is 9.71. The third-order valence-corrected chi connectivity index (χ3v) is 5.84. The van der Waals surface area contributed by atoms with Gasteiger partial charge in [-0.25, -0.2) is 0 Å². The Morgan fingerprint density at radius 3 is 2.22 bits per heavy atom. The van der Waals surface area contributed by atoms with Crippen LogP contribution in [0.15, 0.2) is 47.7 Å². The molecule has 3 heteroatoms. The number of ketones is 1. The molecular formula is C24H28N2O. The molecule has 0 saturated carbocycles. The number of rotatable bonds is 1. The van der Waals surface area contributed by atoms with Crippen molar-refractivity contribution in [1.29, 1.82) is 0 Å².